The summed E-state index contributed by atoms with van der Waals surface area (Å²) in [6, 6.07) is 8.63. The van der Waals surface area contributed by atoms with E-state index in [0.717, 1.165) is 13.1 Å². The molecule has 3 rings (SSSR count). The van der Waals surface area contributed by atoms with Crippen molar-refractivity contribution in [1.82, 2.24) is 20.0 Å². The summed E-state index contributed by atoms with van der Waals surface area (Å²) >= 11 is 0. The molecule has 0 bridgehead atoms. The van der Waals surface area contributed by atoms with Gasteiger partial charge >= 0.3 is 0 Å². The lowest BCUT2D eigenvalue weighted by atomic mass is 10.1. The van der Waals surface area contributed by atoms with Crippen LogP contribution in [0.1, 0.15) is 24.2 Å². The molecule has 3 aromatic rings. The van der Waals surface area contributed by atoms with Gasteiger partial charge in [-0.05, 0) is 36.6 Å². The minimum Gasteiger partial charge on any atom is -0.338 e. The van der Waals surface area contributed by atoms with Gasteiger partial charge in [-0.15, -0.1) is 0 Å². The highest BCUT2D eigenvalue weighted by atomic mass is 16.5. The van der Waals surface area contributed by atoms with Crippen molar-refractivity contribution in [3.8, 4) is 0 Å². The Labute approximate surface area is 117 Å². The molecular formula is C15H18N4O. The standard InChI is InChI=1S/C15H18N4O/c1-3-16-9-12-4-5-13-6-7-19(14(13)8-12)10-15-17-11(2)18-20-15/h4-8,16H,3,9-10H2,1-2H3. The predicted octanol–water partition coefficient (Wildman–Crippen LogP) is 2.49. The average Bonchev–Trinajstić information content (AvgIpc) is 3.04. The molecule has 0 radical (unpaired) electrons. The van der Waals surface area contributed by atoms with E-state index in [9.17, 15) is 0 Å². The highest BCUT2D eigenvalue weighted by molar-refractivity contribution is 5.80. The molecule has 0 saturated carbocycles. The Kier molecular flexibility index (Phi) is 3.52. The number of fused-ring (bicyclic) bond motifs is 1. The molecular weight excluding hydrogens is 252 g/mol. The van der Waals surface area contributed by atoms with E-state index in [2.05, 4.69) is 57.4 Å². The molecule has 0 unspecified atom stereocenters. The Hall–Kier alpha value is -2.14. The fraction of sp³-hybridized carbons (Fsp3) is 0.333. The second-order valence-corrected chi connectivity index (χ2v) is 4.85. The molecule has 5 heteroatoms. The van der Waals surface area contributed by atoms with Crippen LogP contribution in [-0.4, -0.2) is 21.3 Å². The summed E-state index contributed by atoms with van der Waals surface area (Å²) in [7, 11) is 0. The summed E-state index contributed by atoms with van der Waals surface area (Å²) in [6.07, 6.45) is 2.06. The number of nitrogens with zero attached hydrogens (tertiary/aromatic N) is 3. The molecule has 2 aromatic heterocycles. The summed E-state index contributed by atoms with van der Waals surface area (Å²) in [6.45, 7) is 6.40. The van der Waals surface area contributed by atoms with E-state index < -0.39 is 0 Å². The van der Waals surface area contributed by atoms with Gasteiger partial charge in [0.05, 0.1) is 0 Å². The van der Waals surface area contributed by atoms with Crippen molar-refractivity contribution in [3.63, 3.8) is 0 Å². The van der Waals surface area contributed by atoms with Crippen LogP contribution in [0.4, 0.5) is 0 Å². The number of nitrogens with one attached hydrogen (secondary N) is 1. The van der Waals surface area contributed by atoms with Gasteiger partial charge in [-0.2, -0.15) is 4.98 Å². The Morgan fingerprint density at radius 2 is 2.20 bits per heavy atom. The first-order valence-electron chi connectivity index (χ1n) is 6.84. The Bertz CT molecular complexity index is 714. The van der Waals surface area contributed by atoms with Gasteiger partial charge in [0.1, 0.15) is 6.54 Å². The van der Waals surface area contributed by atoms with Crippen LogP contribution in [0.15, 0.2) is 35.0 Å². The van der Waals surface area contributed by atoms with Crippen molar-refractivity contribution in [2.75, 3.05) is 6.54 Å². The first-order chi connectivity index (χ1) is 9.76. The van der Waals surface area contributed by atoms with E-state index in [1.54, 1.807) is 0 Å². The van der Waals surface area contributed by atoms with Gasteiger partial charge < -0.3 is 14.4 Å². The third kappa shape index (κ3) is 2.58. The highest BCUT2D eigenvalue weighted by Gasteiger charge is 2.07. The number of aromatic nitrogens is 3. The Morgan fingerprint density at radius 1 is 1.30 bits per heavy atom. The molecule has 0 spiro atoms. The SMILES string of the molecule is CCNCc1ccc2ccn(Cc3nc(C)no3)c2c1. The van der Waals surface area contributed by atoms with Gasteiger partial charge in [0.2, 0.25) is 5.89 Å². The maximum absolute atomic E-state index is 5.19. The molecule has 1 N–H and O–H groups in total. The fourth-order valence-electron chi connectivity index (χ4n) is 2.30. The van der Waals surface area contributed by atoms with Crippen LogP contribution in [0.5, 0.6) is 0 Å². The Morgan fingerprint density at radius 3 is 2.95 bits per heavy atom. The van der Waals surface area contributed by atoms with E-state index in [4.69, 9.17) is 4.52 Å². The molecule has 0 saturated heterocycles. The maximum atomic E-state index is 5.19. The summed E-state index contributed by atoms with van der Waals surface area (Å²) in [5.41, 5.74) is 2.47. The van der Waals surface area contributed by atoms with Crippen LogP contribution in [-0.2, 0) is 13.1 Å². The third-order valence-corrected chi connectivity index (χ3v) is 3.29. The predicted molar refractivity (Wildman–Crippen MR) is 77.5 cm³/mol. The van der Waals surface area contributed by atoms with Gasteiger partial charge in [-0.3, -0.25) is 0 Å². The van der Waals surface area contributed by atoms with E-state index >= 15 is 0 Å². The van der Waals surface area contributed by atoms with Crippen LogP contribution in [0.25, 0.3) is 10.9 Å². The fourth-order valence-corrected chi connectivity index (χ4v) is 2.30. The minimum atomic E-state index is 0.606. The third-order valence-electron chi connectivity index (χ3n) is 3.29. The number of aryl methyl sites for hydroxylation is 1. The molecule has 0 atom stereocenters. The highest BCUT2D eigenvalue weighted by Crippen LogP contribution is 2.19. The molecule has 5 nitrogen and oxygen atoms in total. The molecule has 1 aromatic carbocycles. The van der Waals surface area contributed by atoms with E-state index in [-0.39, 0.29) is 0 Å². The summed E-state index contributed by atoms with van der Waals surface area (Å²) in [4.78, 5) is 4.25. The average molecular weight is 270 g/mol. The van der Waals surface area contributed by atoms with E-state index in [1.807, 2.05) is 6.92 Å². The van der Waals surface area contributed by atoms with Crippen LogP contribution < -0.4 is 5.32 Å². The number of rotatable bonds is 5. The van der Waals surface area contributed by atoms with Gasteiger partial charge in [0.15, 0.2) is 5.82 Å². The second kappa shape index (κ2) is 5.46. The van der Waals surface area contributed by atoms with Crippen molar-refractivity contribution >= 4 is 10.9 Å². The normalized spacial score (nSPS) is 11.3. The van der Waals surface area contributed by atoms with Crippen molar-refractivity contribution in [2.24, 2.45) is 0 Å². The summed E-state index contributed by atoms with van der Waals surface area (Å²) < 4.78 is 7.32. The largest absolute Gasteiger partial charge is 0.338 e. The zero-order chi connectivity index (χ0) is 13.9. The molecule has 0 fully saturated rings. The molecule has 20 heavy (non-hydrogen) atoms. The summed E-state index contributed by atoms with van der Waals surface area (Å²) in [5.74, 6) is 1.31. The number of hydrogen-bond donors (Lipinski definition) is 1. The van der Waals surface area contributed by atoms with Crippen LogP contribution >= 0.6 is 0 Å². The van der Waals surface area contributed by atoms with E-state index in [0.29, 0.717) is 18.3 Å². The Balaban J connectivity index is 1.90. The number of hydrogen-bond acceptors (Lipinski definition) is 4. The zero-order valence-electron chi connectivity index (χ0n) is 11.8. The molecule has 0 aliphatic carbocycles. The van der Waals surface area contributed by atoms with Gasteiger partial charge in [0.25, 0.3) is 0 Å². The maximum Gasteiger partial charge on any atom is 0.246 e. The first kappa shape index (κ1) is 12.9. The monoisotopic (exact) mass is 270 g/mol. The lowest BCUT2D eigenvalue weighted by Crippen LogP contribution is -2.11. The van der Waals surface area contributed by atoms with Crippen molar-refractivity contribution in [1.29, 1.82) is 0 Å². The molecule has 2 heterocycles. The minimum absolute atomic E-state index is 0.606. The number of benzene rings is 1. The molecule has 0 amide bonds. The summed E-state index contributed by atoms with van der Waals surface area (Å²) in [5, 5.41) is 8.39. The van der Waals surface area contributed by atoms with E-state index in [1.165, 1.54) is 16.5 Å². The first-order valence-corrected chi connectivity index (χ1v) is 6.84. The lowest BCUT2D eigenvalue weighted by Gasteiger charge is -2.05. The lowest BCUT2D eigenvalue weighted by molar-refractivity contribution is 0.369. The van der Waals surface area contributed by atoms with Crippen molar-refractivity contribution in [2.45, 2.75) is 26.9 Å². The van der Waals surface area contributed by atoms with Gasteiger partial charge in [0, 0.05) is 18.3 Å². The van der Waals surface area contributed by atoms with Crippen LogP contribution in [0, 0.1) is 6.92 Å². The van der Waals surface area contributed by atoms with Crippen molar-refractivity contribution < 1.29 is 4.52 Å². The van der Waals surface area contributed by atoms with Gasteiger partial charge in [-0.1, -0.05) is 24.2 Å². The molecule has 104 valence electrons. The second-order valence-electron chi connectivity index (χ2n) is 4.85. The quantitative estimate of drug-likeness (QED) is 0.774. The van der Waals surface area contributed by atoms with Gasteiger partial charge in [-0.25, -0.2) is 0 Å². The molecule has 0 aliphatic heterocycles. The van der Waals surface area contributed by atoms with Crippen LogP contribution in [0.3, 0.4) is 0 Å². The van der Waals surface area contributed by atoms with Crippen LogP contribution in [0.2, 0.25) is 0 Å². The zero-order valence-corrected chi connectivity index (χ0v) is 11.8. The topological polar surface area (TPSA) is 55.9 Å². The molecule has 0 aliphatic rings. The van der Waals surface area contributed by atoms with Crippen molar-refractivity contribution in [3.05, 3.63) is 47.7 Å². The smallest absolute Gasteiger partial charge is 0.246 e.